The highest BCUT2D eigenvalue weighted by Crippen LogP contribution is 2.20. The normalized spacial score (nSPS) is 17.1. The highest BCUT2D eigenvalue weighted by molar-refractivity contribution is 5.96. The maximum atomic E-state index is 14.5. The van der Waals surface area contributed by atoms with Gasteiger partial charge in [0.1, 0.15) is 30.2 Å². The number of nitrogens with one attached hydrogen (secondary N) is 8. The van der Waals surface area contributed by atoms with Crippen LogP contribution in [-0.4, -0.2) is 146 Å². The van der Waals surface area contributed by atoms with Crippen LogP contribution < -0.4 is 37.6 Å². The quantitative estimate of drug-likeness (QED) is 0.0345. The number of aliphatic hydroxyl groups excluding tert-OH is 1. The van der Waals surface area contributed by atoms with Crippen LogP contribution in [0.1, 0.15) is 89.7 Å². The van der Waals surface area contributed by atoms with Gasteiger partial charge in [0.25, 0.3) is 0 Å². The van der Waals surface area contributed by atoms with Crippen LogP contribution in [0.4, 0.5) is 0 Å². The second-order valence-corrected chi connectivity index (χ2v) is 20.3. The molecule has 1 aliphatic rings. The number of aliphatic hydroxyl groups is 1. The molecular formula is C54H78N12O9. The number of carbonyl (C=O) groups is 7. The minimum Gasteiger partial charge on any atom is -0.467 e. The molecule has 0 bridgehead atoms. The SMILES string of the molecule is CC[C@H](C)[C@H](NC(=O)[C@@H](NCC(O)[C@H](CC(C)C)NC(=O)[C@H](Cc1cnc[nH]1)NC(=O)[C@H](Cc1ccccc1)NC(=O)[C@@H]1CCCN1C(=O)[C@@H](N)Cc1cnc[nH]1)C(C)C)C(=O)N[C@@H](Cc1ccccc1)C(=O)OC. The maximum Gasteiger partial charge on any atom is 0.328 e. The number of methoxy groups -OCH3 is 1. The van der Waals surface area contributed by atoms with E-state index in [1.54, 1.807) is 6.20 Å². The zero-order valence-corrected chi connectivity index (χ0v) is 44.2. The van der Waals surface area contributed by atoms with Crippen LogP contribution in [0.25, 0.3) is 0 Å². The number of amides is 6. The van der Waals surface area contributed by atoms with E-state index in [2.05, 4.69) is 51.8 Å². The first-order valence-corrected chi connectivity index (χ1v) is 26.0. The van der Waals surface area contributed by atoms with Crippen molar-refractivity contribution < 1.29 is 43.4 Å². The Morgan fingerprint density at radius 3 is 1.81 bits per heavy atom. The summed E-state index contributed by atoms with van der Waals surface area (Å²) in [6.07, 6.45) is 6.98. The van der Waals surface area contributed by atoms with Crippen LogP contribution in [0.5, 0.6) is 0 Å². The molecule has 1 fully saturated rings. The van der Waals surface area contributed by atoms with Gasteiger partial charge in [0, 0.05) is 62.6 Å². The van der Waals surface area contributed by atoms with E-state index in [1.807, 2.05) is 102 Å². The predicted molar refractivity (Wildman–Crippen MR) is 281 cm³/mol. The summed E-state index contributed by atoms with van der Waals surface area (Å²) >= 11 is 0. The molecule has 10 atom stereocenters. The Morgan fingerprint density at radius 1 is 0.720 bits per heavy atom. The smallest absolute Gasteiger partial charge is 0.328 e. The number of aromatic nitrogens is 4. The van der Waals surface area contributed by atoms with Crippen LogP contribution >= 0.6 is 0 Å². The van der Waals surface area contributed by atoms with Crippen molar-refractivity contribution in [3.05, 3.63) is 108 Å². The summed E-state index contributed by atoms with van der Waals surface area (Å²) in [6.45, 7) is 11.4. The van der Waals surface area contributed by atoms with Gasteiger partial charge in [0.05, 0.1) is 44.0 Å². The van der Waals surface area contributed by atoms with Crippen molar-refractivity contribution in [3.8, 4) is 0 Å². The van der Waals surface area contributed by atoms with E-state index in [4.69, 9.17) is 10.5 Å². The number of benzene rings is 2. The number of imidazole rings is 2. The lowest BCUT2D eigenvalue weighted by atomic mass is 9.95. The fourth-order valence-corrected chi connectivity index (χ4v) is 9.18. The number of rotatable bonds is 29. The molecule has 1 saturated heterocycles. The highest BCUT2D eigenvalue weighted by atomic mass is 16.5. The average molecular weight is 1040 g/mol. The lowest BCUT2D eigenvalue weighted by Crippen LogP contribution is -2.60. The molecule has 21 heteroatoms. The zero-order valence-electron chi connectivity index (χ0n) is 44.2. The topological polar surface area (TPSA) is 308 Å². The van der Waals surface area contributed by atoms with Crippen LogP contribution in [0, 0.1) is 17.8 Å². The molecule has 75 heavy (non-hydrogen) atoms. The summed E-state index contributed by atoms with van der Waals surface area (Å²) in [6, 6.07) is 10.3. The summed E-state index contributed by atoms with van der Waals surface area (Å²) in [5.74, 6) is -4.57. The van der Waals surface area contributed by atoms with Gasteiger partial charge in [0.2, 0.25) is 35.4 Å². The van der Waals surface area contributed by atoms with Crippen LogP contribution in [-0.2, 0) is 64.0 Å². The first-order chi connectivity index (χ1) is 35.9. The number of nitrogens with two attached hydrogens (primary N) is 1. The summed E-state index contributed by atoms with van der Waals surface area (Å²) < 4.78 is 5.01. The lowest BCUT2D eigenvalue weighted by molar-refractivity contribution is -0.145. The molecule has 1 aliphatic heterocycles. The van der Waals surface area contributed by atoms with E-state index in [0.29, 0.717) is 43.6 Å². The molecule has 2 aromatic carbocycles. The van der Waals surface area contributed by atoms with Crippen LogP contribution in [0.15, 0.2) is 85.7 Å². The molecule has 11 N–H and O–H groups in total. The van der Waals surface area contributed by atoms with Gasteiger partial charge in [-0.2, -0.15) is 0 Å². The van der Waals surface area contributed by atoms with Gasteiger partial charge in [-0.25, -0.2) is 14.8 Å². The first kappa shape index (κ1) is 58.9. The third-order valence-corrected chi connectivity index (χ3v) is 13.6. The minimum atomic E-state index is -1.24. The number of nitrogens with zero attached hydrogens (tertiary/aromatic N) is 3. The summed E-state index contributed by atoms with van der Waals surface area (Å²) in [5, 5.41) is 29.4. The number of esters is 1. The Balaban J connectivity index is 1.29. The number of carbonyl (C=O) groups excluding carboxylic acids is 7. The standard InChI is InChI=1S/C54H78N12O9/c1-8-34(6)47(52(72)64-43(54(74)75-7)24-36-18-13-10-14-19-36)65-51(71)46(33(4)5)58-29-45(67)40(22-32(2)3)61-49(69)42(26-38-28-57-31-60-38)62-48(68)41(23-35-16-11-9-12-17-35)63-50(70)44-20-15-21-66(44)53(73)39(55)25-37-27-56-30-59-37/h9-14,16-19,27-28,30-34,39-47,58,67H,8,15,20-26,29,55H2,1-7H3,(H,56,59)(H,57,60)(H,61,69)(H,62,68)(H,63,70)(H,64,72)(H,65,71)/t34-,39-,40-,41-,42-,43-,44-,45?,46-,47-/m0/s1. The summed E-state index contributed by atoms with van der Waals surface area (Å²) in [4.78, 5) is 113. The van der Waals surface area contributed by atoms with Crippen molar-refractivity contribution in [2.24, 2.45) is 23.5 Å². The largest absolute Gasteiger partial charge is 0.467 e. The minimum absolute atomic E-state index is 0.0205. The van der Waals surface area contributed by atoms with Gasteiger partial charge in [0.15, 0.2) is 0 Å². The van der Waals surface area contributed by atoms with Gasteiger partial charge in [-0.3, -0.25) is 28.8 Å². The van der Waals surface area contributed by atoms with Crippen molar-refractivity contribution in [1.82, 2.24) is 56.7 Å². The van der Waals surface area contributed by atoms with E-state index in [9.17, 15) is 38.7 Å². The summed E-state index contributed by atoms with van der Waals surface area (Å²) in [7, 11) is 1.25. The molecule has 0 radical (unpaired) electrons. The Labute approximate surface area is 439 Å². The fraction of sp³-hybridized carbons (Fsp3) is 0.537. The van der Waals surface area contributed by atoms with Crippen molar-refractivity contribution in [2.75, 3.05) is 20.2 Å². The van der Waals surface area contributed by atoms with Gasteiger partial charge in [-0.15, -0.1) is 0 Å². The third kappa shape index (κ3) is 17.8. The molecule has 5 rings (SSSR count). The van der Waals surface area contributed by atoms with Gasteiger partial charge in [-0.1, -0.05) is 109 Å². The molecule has 0 spiro atoms. The Morgan fingerprint density at radius 2 is 1.27 bits per heavy atom. The van der Waals surface area contributed by atoms with Crippen LogP contribution in [0.3, 0.4) is 0 Å². The van der Waals surface area contributed by atoms with E-state index in [-0.39, 0.29) is 50.0 Å². The molecule has 408 valence electrons. The van der Waals surface area contributed by atoms with Crippen LogP contribution in [0.2, 0.25) is 0 Å². The average Bonchev–Trinajstić information content (AvgIpc) is 4.22. The molecule has 4 aromatic rings. The van der Waals surface area contributed by atoms with Gasteiger partial charge in [-0.05, 0) is 48.1 Å². The molecule has 0 aliphatic carbocycles. The van der Waals surface area contributed by atoms with Crippen molar-refractivity contribution in [2.45, 2.75) is 147 Å². The second-order valence-electron chi connectivity index (χ2n) is 20.3. The lowest BCUT2D eigenvalue weighted by Gasteiger charge is -2.32. The van der Waals surface area contributed by atoms with Gasteiger partial charge < -0.3 is 62.3 Å². The molecule has 2 aromatic heterocycles. The monoisotopic (exact) mass is 1040 g/mol. The van der Waals surface area contributed by atoms with Crippen molar-refractivity contribution in [3.63, 3.8) is 0 Å². The second kappa shape index (κ2) is 29.2. The maximum absolute atomic E-state index is 14.5. The molecule has 6 amide bonds. The molecule has 0 saturated carbocycles. The predicted octanol–water partition coefficient (Wildman–Crippen LogP) is 1.39. The van der Waals surface area contributed by atoms with Crippen molar-refractivity contribution in [1.29, 1.82) is 0 Å². The van der Waals surface area contributed by atoms with E-state index in [1.165, 1.54) is 30.9 Å². The molecule has 1 unspecified atom stereocenters. The van der Waals surface area contributed by atoms with E-state index >= 15 is 0 Å². The number of ether oxygens (including phenoxy) is 1. The third-order valence-electron chi connectivity index (χ3n) is 13.6. The first-order valence-electron chi connectivity index (χ1n) is 26.0. The Hall–Kier alpha value is -6.97. The fourth-order valence-electron chi connectivity index (χ4n) is 9.18. The number of H-pyrrole nitrogens is 2. The number of aromatic amines is 2. The zero-order chi connectivity index (χ0) is 54.6. The molecule has 3 heterocycles. The number of hydrogen-bond donors (Lipinski definition) is 10. The van der Waals surface area contributed by atoms with Crippen molar-refractivity contribution >= 4 is 41.4 Å². The number of likely N-dealkylation sites (tertiary alicyclic amines) is 1. The van der Waals surface area contributed by atoms with E-state index < -0.39 is 95.9 Å². The van der Waals surface area contributed by atoms with Gasteiger partial charge >= 0.3 is 5.97 Å². The Bertz CT molecular complexity index is 2420. The molecular weight excluding hydrogens is 961 g/mol. The Kier molecular flexibility index (Phi) is 22.9. The molecule has 21 nitrogen and oxygen atoms in total. The summed E-state index contributed by atoms with van der Waals surface area (Å²) in [5.41, 5.74) is 9.06. The number of hydrogen-bond acceptors (Lipinski definition) is 13. The highest BCUT2D eigenvalue weighted by Gasteiger charge is 2.39. The van der Waals surface area contributed by atoms with E-state index in [0.717, 1.165) is 11.1 Å².